The number of hydrogen-bond donors (Lipinski definition) is 1. The zero-order valence-corrected chi connectivity index (χ0v) is 19.0. The van der Waals surface area contributed by atoms with Crippen LogP contribution in [0.3, 0.4) is 0 Å². The second-order valence-electron chi connectivity index (χ2n) is 7.53. The van der Waals surface area contributed by atoms with Crippen molar-refractivity contribution in [3.05, 3.63) is 88.9 Å². The Labute approximate surface area is 195 Å². The SMILES string of the molecule is Cc1ccc(/C=N\n2c(N)c(S(=O)(=O)c3cccc(Cl)c3)c3nc4ccccc4nc32)cc1. The largest absolute Gasteiger partial charge is 0.382 e. The monoisotopic (exact) mass is 475 g/mol. The number of fused-ring (bicyclic) bond motifs is 2. The number of sulfone groups is 1. The molecule has 5 rings (SSSR count). The third-order valence-corrected chi connectivity index (χ3v) is 7.25. The normalized spacial score (nSPS) is 12.2. The molecule has 0 radical (unpaired) electrons. The predicted molar refractivity (Wildman–Crippen MR) is 131 cm³/mol. The highest BCUT2D eigenvalue weighted by Gasteiger charge is 2.30. The molecule has 2 heterocycles. The lowest BCUT2D eigenvalue weighted by atomic mass is 10.2. The zero-order chi connectivity index (χ0) is 23.2. The van der Waals surface area contributed by atoms with Crippen molar-refractivity contribution >= 4 is 55.7 Å². The first kappa shape index (κ1) is 21.1. The van der Waals surface area contributed by atoms with E-state index in [1.165, 1.54) is 16.8 Å². The molecular weight excluding hydrogens is 458 g/mol. The third-order valence-electron chi connectivity index (χ3n) is 5.20. The molecule has 3 aromatic carbocycles. The number of nitrogen functional groups attached to an aromatic ring is 1. The van der Waals surface area contributed by atoms with Gasteiger partial charge in [0.25, 0.3) is 0 Å². The van der Waals surface area contributed by atoms with Crippen molar-refractivity contribution in [3.63, 3.8) is 0 Å². The Morgan fingerprint density at radius 3 is 2.36 bits per heavy atom. The standard InChI is InChI=1S/C24H18ClN5O2S/c1-15-9-11-16(12-10-15)14-27-30-23(26)22(33(31,32)18-6-4-5-17(25)13-18)21-24(30)29-20-8-3-2-7-19(20)28-21/h2-14H,26H2,1H3/b27-14-. The highest BCUT2D eigenvalue weighted by atomic mass is 35.5. The van der Waals surface area contributed by atoms with Crippen LogP contribution in [0.2, 0.25) is 5.02 Å². The van der Waals surface area contributed by atoms with Gasteiger partial charge in [-0.3, -0.25) is 0 Å². The number of nitrogens with two attached hydrogens (primary N) is 1. The van der Waals surface area contributed by atoms with E-state index < -0.39 is 9.84 Å². The number of aryl methyl sites for hydroxylation is 1. The van der Waals surface area contributed by atoms with Crippen molar-refractivity contribution in [2.24, 2.45) is 5.10 Å². The van der Waals surface area contributed by atoms with Gasteiger partial charge in [-0.05, 0) is 42.8 Å². The molecule has 0 spiro atoms. The molecule has 33 heavy (non-hydrogen) atoms. The number of para-hydroxylation sites is 2. The fourth-order valence-electron chi connectivity index (χ4n) is 3.53. The van der Waals surface area contributed by atoms with Gasteiger partial charge in [-0.1, -0.05) is 59.6 Å². The Bertz CT molecular complexity index is 1660. The number of benzene rings is 3. The Morgan fingerprint density at radius 1 is 0.970 bits per heavy atom. The molecule has 0 aliphatic heterocycles. The maximum atomic E-state index is 13.6. The Hall–Kier alpha value is -3.75. The second kappa shape index (κ2) is 7.99. The van der Waals surface area contributed by atoms with Crippen molar-refractivity contribution in [1.29, 1.82) is 0 Å². The van der Waals surface area contributed by atoms with E-state index in [1.54, 1.807) is 30.5 Å². The van der Waals surface area contributed by atoms with Crippen LogP contribution in [0.15, 0.2) is 87.7 Å². The van der Waals surface area contributed by atoms with Gasteiger partial charge in [0.15, 0.2) is 5.65 Å². The summed E-state index contributed by atoms with van der Waals surface area (Å²) in [6.45, 7) is 1.99. The van der Waals surface area contributed by atoms with Gasteiger partial charge < -0.3 is 5.73 Å². The molecule has 164 valence electrons. The highest BCUT2D eigenvalue weighted by molar-refractivity contribution is 7.92. The molecule has 9 heteroatoms. The smallest absolute Gasteiger partial charge is 0.212 e. The molecule has 2 aromatic heterocycles. The molecule has 0 aliphatic rings. The minimum absolute atomic E-state index is 0.0122. The first-order chi connectivity index (χ1) is 15.8. The minimum atomic E-state index is -4.06. The van der Waals surface area contributed by atoms with Crippen LogP contribution in [0, 0.1) is 6.92 Å². The summed E-state index contributed by atoms with van der Waals surface area (Å²) in [5.41, 5.74) is 9.87. The predicted octanol–water partition coefficient (Wildman–Crippen LogP) is 4.84. The Morgan fingerprint density at radius 2 is 1.67 bits per heavy atom. The van der Waals surface area contributed by atoms with Crippen LogP contribution in [0.5, 0.6) is 0 Å². The highest BCUT2D eigenvalue weighted by Crippen LogP contribution is 2.35. The summed E-state index contributed by atoms with van der Waals surface area (Å²) in [6, 6.07) is 21.0. The molecule has 0 aliphatic carbocycles. The number of halogens is 1. The molecule has 2 N–H and O–H groups in total. The molecule has 0 fully saturated rings. The number of hydrogen-bond acceptors (Lipinski definition) is 6. The topological polar surface area (TPSA) is 103 Å². The van der Waals surface area contributed by atoms with E-state index in [-0.39, 0.29) is 26.8 Å². The lowest BCUT2D eigenvalue weighted by molar-refractivity contribution is 0.597. The number of aromatic nitrogens is 3. The number of anilines is 1. The van der Waals surface area contributed by atoms with E-state index in [4.69, 9.17) is 17.3 Å². The van der Waals surface area contributed by atoms with Gasteiger partial charge in [-0.2, -0.15) is 9.78 Å². The van der Waals surface area contributed by atoms with Crippen molar-refractivity contribution < 1.29 is 8.42 Å². The average molecular weight is 476 g/mol. The molecule has 0 saturated heterocycles. The maximum absolute atomic E-state index is 13.6. The van der Waals surface area contributed by atoms with Crippen LogP contribution < -0.4 is 5.73 Å². The van der Waals surface area contributed by atoms with Crippen LogP contribution in [0.1, 0.15) is 11.1 Å². The quantitative estimate of drug-likeness (QED) is 0.374. The fraction of sp³-hybridized carbons (Fsp3) is 0.0417. The van der Waals surface area contributed by atoms with Crippen LogP contribution in [-0.4, -0.2) is 29.3 Å². The Kier molecular flexibility index (Phi) is 5.11. The van der Waals surface area contributed by atoms with E-state index in [0.717, 1.165) is 11.1 Å². The average Bonchev–Trinajstić information content (AvgIpc) is 3.08. The molecule has 5 aromatic rings. The van der Waals surface area contributed by atoms with E-state index in [2.05, 4.69) is 15.1 Å². The van der Waals surface area contributed by atoms with Gasteiger partial charge in [0.1, 0.15) is 16.2 Å². The van der Waals surface area contributed by atoms with Gasteiger partial charge in [-0.15, -0.1) is 0 Å². The van der Waals surface area contributed by atoms with Gasteiger partial charge in [-0.25, -0.2) is 18.4 Å². The van der Waals surface area contributed by atoms with Crippen molar-refractivity contribution in [1.82, 2.24) is 14.6 Å². The van der Waals surface area contributed by atoms with Crippen molar-refractivity contribution in [3.8, 4) is 0 Å². The molecule has 0 saturated carbocycles. The summed E-state index contributed by atoms with van der Waals surface area (Å²) in [7, 11) is -4.06. The van der Waals surface area contributed by atoms with E-state index >= 15 is 0 Å². The van der Waals surface area contributed by atoms with Gasteiger partial charge >= 0.3 is 0 Å². The van der Waals surface area contributed by atoms with Gasteiger partial charge in [0, 0.05) is 5.02 Å². The summed E-state index contributed by atoms with van der Waals surface area (Å²) >= 11 is 6.06. The summed E-state index contributed by atoms with van der Waals surface area (Å²) in [5.74, 6) is -0.0800. The first-order valence-corrected chi connectivity index (χ1v) is 11.9. The zero-order valence-electron chi connectivity index (χ0n) is 17.5. The molecule has 7 nitrogen and oxygen atoms in total. The summed E-state index contributed by atoms with van der Waals surface area (Å²) in [6.07, 6.45) is 1.60. The van der Waals surface area contributed by atoms with Crippen LogP contribution >= 0.6 is 11.6 Å². The second-order valence-corrected chi connectivity index (χ2v) is 9.85. The third kappa shape index (κ3) is 3.73. The molecular formula is C24H18ClN5O2S. The molecule has 0 amide bonds. The Balaban J connectivity index is 1.79. The maximum Gasteiger partial charge on any atom is 0.212 e. The molecule has 0 atom stereocenters. The number of rotatable bonds is 4. The first-order valence-electron chi connectivity index (χ1n) is 10.0. The minimum Gasteiger partial charge on any atom is -0.382 e. The van der Waals surface area contributed by atoms with E-state index in [0.29, 0.717) is 16.1 Å². The molecule has 0 bridgehead atoms. The summed E-state index contributed by atoms with van der Waals surface area (Å²) in [5, 5.41) is 4.76. The van der Waals surface area contributed by atoms with Gasteiger partial charge in [0.2, 0.25) is 9.84 Å². The van der Waals surface area contributed by atoms with Gasteiger partial charge in [0.05, 0.1) is 22.1 Å². The number of nitrogens with zero attached hydrogens (tertiary/aromatic N) is 4. The van der Waals surface area contributed by atoms with Crippen molar-refractivity contribution in [2.45, 2.75) is 16.7 Å². The molecule has 0 unspecified atom stereocenters. The fourth-order valence-corrected chi connectivity index (χ4v) is 5.32. The van der Waals surface area contributed by atoms with Crippen LogP contribution in [0.25, 0.3) is 22.2 Å². The summed E-state index contributed by atoms with van der Waals surface area (Å²) < 4.78 is 28.5. The van der Waals surface area contributed by atoms with Crippen LogP contribution in [0.4, 0.5) is 5.82 Å². The van der Waals surface area contributed by atoms with E-state index in [1.807, 2.05) is 43.3 Å². The van der Waals surface area contributed by atoms with E-state index in [9.17, 15) is 8.42 Å². The summed E-state index contributed by atoms with van der Waals surface area (Å²) in [4.78, 5) is 9.08. The van der Waals surface area contributed by atoms with Crippen molar-refractivity contribution in [2.75, 3.05) is 5.73 Å². The lowest BCUT2D eigenvalue weighted by Crippen LogP contribution is -2.06. The lowest BCUT2D eigenvalue weighted by Gasteiger charge is -2.05. The van der Waals surface area contributed by atoms with Crippen LogP contribution in [-0.2, 0) is 9.84 Å².